The van der Waals surface area contributed by atoms with Crippen LogP contribution in [0.4, 0.5) is 0 Å². The molecule has 2 aromatic rings. The molecule has 1 N–H and O–H groups in total. The lowest BCUT2D eigenvalue weighted by Crippen LogP contribution is -2.46. The average molecular weight is 314 g/mol. The first kappa shape index (κ1) is 16.1. The number of fused-ring (bicyclic) bond motifs is 1. The van der Waals surface area contributed by atoms with E-state index in [1.165, 1.54) is 19.3 Å². The number of aromatic nitrogens is 1. The third-order valence-corrected chi connectivity index (χ3v) is 5.17. The van der Waals surface area contributed by atoms with E-state index in [9.17, 15) is 4.79 Å². The number of carbonyl (C=O) groups excluding carboxylic acids is 1. The lowest BCUT2D eigenvalue weighted by molar-refractivity contribution is 0.0735. The first-order chi connectivity index (χ1) is 11.0. The Labute approximate surface area is 137 Å². The van der Waals surface area contributed by atoms with E-state index in [-0.39, 0.29) is 5.78 Å². The number of hydrogen-bond donors (Lipinski definition) is 1. The molecule has 23 heavy (non-hydrogen) atoms. The van der Waals surface area contributed by atoms with Crippen LogP contribution in [0.1, 0.15) is 49.2 Å². The molecule has 1 aliphatic rings. The van der Waals surface area contributed by atoms with E-state index >= 15 is 0 Å². The smallest absolute Gasteiger partial charge is 0.179 e. The first-order valence-corrected chi connectivity index (χ1v) is 8.46. The number of aromatic amines is 1. The third kappa shape index (κ3) is 3.00. The van der Waals surface area contributed by atoms with Crippen LogP contribution < -0.4 is 4.74 Å². The molecule has 2 unspecified atom stereocenters. The number of likely N-dealkylation sites (tertiary alicyclic amines) is 1. The minimum atomic E-state index is 0.197. The highest BCUT2D eigenvalue weighted by Crippen LogP contribution is 2.28. The Bertz CT molecular complexity index is 709. The number of nitrogens with one attached hydrogen (secondary N) is 1. The van der Waals surface area contributed by atoms with Gasteiger partial charge in [0.05, 0.1) is 13.7 Å². The molecule has 1 fully saturated rings. The number of Topliss-reactive ketones (excluding diaryl/α,β-unsaturated/α-hetero) is 1. The third-order valence-electron chi connectivity index (χ3n) is 5.17. The van der Waals surface area contributed by atoms with E-state index in [1.54, 1.807) is 7.11 Å². The van der Waals surface area contributed by atoms with Crippen molar-refractivity contribution in [2.75, 3.05) is 13.7 Å². The number of nitrogens with zero attached hydrogens (tertiary/aromatic N) is 1. The van der Waals surface area contributed by atoms with E-state index in [0.717, 1.165) is 27.9 Å². The van der Waals surface area contributed by atoms with Gasteiger partial charge < -0.3 is 9.72 Å². The topological polar surface area (TPSA) is 45.3 Å². The molecule has 1 aromatic carbocycles. The SMILES string of the molecule is COc1ccc2[nH]c(C)c(C(=O)CN3C(C)CCCC3C)c2c1. The summed E-state index contributed by atoms with van der Waals surface area (Å²) in [6, 6.07) is 6.80. The predicted octanol–water partition coefficient (Wildman–Crippen LogP) is 3.93. The number of carbonyl (C=O) groups is 1. The zero-order chi connectivity index (χ0) is 16.6. The second kappa shape index (κ2) is 6.36. The summed E-state index contributed by atoms with van der Waals surface area (Å²) in [7, 11) is 1.65. The van der Waals surface area contributed by atoms with Crippen LogP contribution in [0, 0.1) is 6.92 Å². The summed E-state index contributed by atoms with van der Waals surface area (Å²) >= 11 is 0. The summed E-state index contributed by atoms with van der Waals surface area (Å²) in [5.41, 5.74) is 2.74. The van der Waals surface area contributed by atoms with E-state index in [0.29, 0.717) is 18.6 Å². The molecule has 0 radical (unpaired) electrons. The first-order valence-electron chi connectivity index (χ1n) is 8.46. The summed E-state index contributed by atoms with van der Waals surface area (Å²) in [6.07, 6.45) is 3.62. The van der Waals surface area contributed by atoms with Gasteiger partial charge in [-0.25, -0.2) is 0 Å². The molecule has 0 amide bonds. The second-order valence-corrected chi connectivity index (χ2v) is 6.76. The highest BCUT2D eigenvalue weighted by Gasteiger charge is 2.28. The second-order valence-electron chi connectivity index (χ2n) is 6.76. The summed E-state index contributed by atoms with van der Waals surface area (Å²) in [6.45, 7) is 6.93. The number of aryl methyl sites for hydroxylation is 1. The maximum Gasteiger partial charge on any atom is 0.179 e. The van der Waals surface area contributed by atoms with E-state index in [2.05, 4.69) is 23.7 Å². The molecule has 0 bridgehead atoms. The number of hydrogen-bond acceptors (Lipinski definition) is 3. The molecule has 4 heteroatoms. The van der Waals surface area contributed by atoms with Crippen molar-refractivity contribution in [3.8, 4) is 5.75 Å². The maximum atomic E-state index is 13.0. The van der Waals surface area contributed by atoms with Crippen molar-refractivity contribution in [2.24, 2.45) is 0 Å². The molecule has 4 nitrogen and oxygen atoms in total. The molecule has 1 saturated heterocycles. The molecule has 0 aliphatic carbocycles. The van der Waals surface area contributed by atoms with Crippen LogP contribution in [0.5, 0.6) is 5.75 Å². The minimum absolute atomic E-state index is 0.197. The van der Waals surface area contributed by atoms with Gasteiger partial charge in [-0.3, -0.25) is 9.69 Å². The molecule has 124 valence electrons. The Balaban J connectivity index is 1.92. The van der Waals surface area contributed by atoms with Gasteiger partial charge >= 0.3 is 0 Å². The van der Waals surface area contributed by atoms with E-state index < -0.39 is 0 Å². The molecule has 3 rings (SSSR count). The largest absolute Gasteiger partial charge is 0.497 e. The number of methoxy groups -OCH3 is 1. The van der Waals surface area contributed by atoms with Gasteiger partial charge in [0.2, 0.25) is 0 Å². The number of ketones is 1. The number of piperidine rings is 1. The van der Waals surface area contributed by atoms with Crippen molar-refractivity contribution in [3.63, 3.8) is 0 Å². The highest BCUT2D eigenvalue weighted by atomic mass is 16.5. The monoisotopic (exact) mass is 314 g/mol. The van der Waals surface area contributed by atoms with Gasteiger partial charge in [-0.2, -0.15) is 0 Å². The van der Waals surface area contributed by atoms with Crippen molar-refractivity contribution >= 4 is 16.7 Å². The van der Waals surface area contributed by atoms with Crippen LogP contribution in [-0.2, 0) is 0 Å². The zero-order valence-corrected chi connectivity index (χ0v) is 14.5. The fourth-order valence-electron chi connectivity index (χ4n) is 3.82. The average Bonchev–Trinajstić information content (AvgIpc) is 2.85. The van der Waals surface area contributed by atoms with Crippen LogP contribution in [0.3, 0.4) is 0 Å². The fourth-order valence-corrected chi connectivity index (χ4v) is 3.82. The van der Waals surface area contributed by atoms with Crippen molar-refractivity contribution in [3.05, 3.63) is 29.5 Å². The molecular formula is C19H26N2O2. The molecule has 1 aromatic heterocycles. The number of benzene rings is 1. The Kier molecular flexibility index (Phi) is 4.44. The quantitative estimate of drug-likeness (QED) is 0.870. The van der Waals surface area contributed by atoms with Crippen LogP contribution in [0.15, 0.2) is 18.2 Å². The van der Waals surface area contributed by atoms with E-state index in [4.69, 9.17) is 4.74 Å². The van der Waals surface area contributed by atoms with Gasteiger partial charge in [0, 0.05) is 34.2 Å². The van der Waals surface area contributed by atoms with Crippen LogP contribution in [0.25, 0.3) is 10.9 Å². The summed E-state index contributed by atoms with van der Waals surface area (Å²) in [5.74, 6) is 0.980. The Morgan fingerprint density at radius 2 is 2.00 bits per heavy atom. The van der Waals surface area contributed by atoms with Gasteiger partial charge in [0.15, 0.2) is 5.78 Å². The molecule has 0 saturated carbocycles. The number of ether oxygens (including phenoxy) is 1. The Morgan fingerprint density at radius 3 is 2.65 bits per heavy atom. The van der Waals surface area contributed by atoms with Crippen LogP contribution >= 0.6 is 0 Å². The van der Waals surface area contributed by atoms with Crippen molar-refractivity contribution in [1.29, 1.82) is 0 Å². The molecule has 2 heterocycles. The van der Waals surface area contributed by atoms with Gasteiger partial charge in [-0.05, 0) is 51.8 Å². The fraction of sp³-hybridized carbons (Fsp3) is 0.526. The summed E-state index contributed by atoms with van der Waals surface area (Å²) in [5, 5.41) is 0.962. The van der Waals surface area contributed by atoms with Crippen molar-refractivity contribution in [1.82, 2.24) is 9.88 Å². The van der Waals surface area contributed by atoms with Gasteiger partial charge in [-0.1, -0.05) is 6.42 Å². The molecule has 2 atom stereocenters. The Morgan fingerprint density at radius 1 is 1.30 bits per heavy atom. The lowest BCUT2D eigenvalue weighted by Gasteiger charge is -2.38. The minimum Gasteiger partial charge on any atom is -0.497 e. The standard InChI is InChI=1S/C19H26N2O2/c1-12-6-5-7-13(2)21(12)11-18(22)19-14(3)20-17-9-8-15(23-4)10-16(17)19/h8-10,12-13,20H,5-7,11H2,1-4H3. The van der Waals surface area contributed by atoms with Gasteiger partial charge in [0.25, 0.3) is 0 Å². The summed E-state index contributed by atoms with van der Waals surface area (Å²) in [4.78, 5) is 18.7. The summed E-state index contributed by atoms with van der Waals surface area (Å²) < 4.78 is 5.31. The van der Waals surface area contributed by atoms with Crippen LogP contribution in [0.2, 0.25) is 0 Å². The molecule has 0 spiro atoms. The van der Waals surface area contributed by atoms with Gasteiger partial charge in [0.1, 0.15) is 5.75 Å². The van der Waals surface area contributed by atoms with Crippen molar-refractivity contribution in [2.45, 2.75) is 52.1 Å². The highest BCUT2D eigenvalue weighted by molar-refractivity contribution is 6.10. The molecular weight excluding hydrogens is 288 g/mol. The zero-order valence-electron chi connectivity index (χ0n) is 14.5. The lowest BCUT2D eigenvalue weighted by atomic mass is 9.96. The number of H-pyrrole nitrogens is 1. The van der Waals surface area contributed by atoms with E-state index in [1.807, 2.05) is 25.1 Å². The van der Waals surface area contributed by atoms with Gasteiger partial charge in [-0.15, -0.1) is 0 Å². The predicted molar refractivity (Wildman–Crippen MR) is 93.4 cm³/mol. The number of rotatable bonds is 4. The van der Waals surface area contributed by atoms with Crippen molar-refractivity contribution < 1.29 is 9.53 Å². The van der Waals surface area contributed by atoms with Crippen LogP contribution in [-0.4, -0.2) is 41.4 Å². The maximum absolute atomic E-state index is 13.0. The normalized spacial score (nSPS) is 22.4. The molecule has 1 aliphatic heterocycles. The Hall–Kier alpha value is -1.81.